The van der Waals surface area contributed by atoms with E-state index in [4.69, 9.17) is 8.83 Å². The van der Waals surface area contributed by atoms with Crippen LogP contribution in [0.2, 0.25) is 0 Å². The molecule has 1 amide bonds. The molecule has 0 saturated carbocycles. The van der Waals surface area contributed by atoms with Gasteiger partial charge < -0.3 is 24.1 Å². The van der Waals surface area contributed by atoms with Crippen molar-refractivity contribution >= 4 is 33.8 Å². The van der Waals surface area contributed by atoms with Gasteiger partial charge in [0.15, 0.2) is 0 Å². The van der Waals surface area contributed by atoms with Crippen LogP contribution < -0.4 is 16.0 Å². The number of carbonyl (C=O) groups excluding carboxylic acids is 2. The van der Waals surface area contributed by atoms with Gasteiger partial charge in [-0.25, -0.2) is 4.79 Å². The highest BCUT2D eigenvalue weighted by molar-refractivity contribution is 6.00. The normalized spacial score (nSPS) is 11.9. The Hall–Kier alpha value is -3.09. The van der Waals surface area contributed by atoms with Crippen molar-refractivity contribution in [2.75, 3.05) is 6.54 Å². The first-order valence-corrected chi connectivity index (χ1v) is 9.94. The molecule has 0 radical (unpaired) electrons. The van der Waals surface area contributed by atoms with Crippen molar-refractivity contribution in [2.45, 2.75) is 59.3 Å². The number of carboxylic acid groups (broad SMARTS) is 1. The van der Waals surface area contributed by atoms with E-state index in [-0.39, 0.29) is 37.1 Å². The van der Waals surface area contributed by atoms with E-state index in [9.17, 15) is 19.5 Å². The fourth-order valence-electron chi connectivity index (χ4n) is 3.70. The number of amides is 1. The third-order valence-electron chi connectivity index (χ3n) is 5.40. The predicted molar refractivity (Wildman–Crippen MR) is 111 cm³/mol. The maximum absolute atomic E-state index is 12.6. The standard InChI is InChI=1S/C23H27NO6/c1-12-14(6-7-18(25)24-9-8-19(26)27)22(28)30-21-13(2)20-16(10-15(12)21)17(11-29-20)23(3,4)5/h10-11H,6-9H2,1-5H3,(H,24,25)(H,26,27)/p-1. The Bertz CT molecular complexity index is 1190. The number of carbonyl (C=O) groups is 2. The number of furan rings is 1. The quantitative estimate of drug-likeness (QED) is 0.623. The zero-order valence-electron chi connectivity index (χ0n) is 17.9. The SMILES string of the molecule is Cc1c(CCC(=O)NCCC(=O)[O-])c(=O)oc2c(C)c3occ(C(C)(C)C)c3cc12. The van der Waals surface area contributed by atoms with Crippen molar-refractivity contribution in [3.63, 3.8) is 0 Å². The highest BCUT2D eigenvalue weighted by Crippen LogP contribution is 2.37. The van der Waals surface area contributed by atoms with Gasteiger partial charge in [-0.2, -0.15) is 0 Å². The summed E-state index contributed by atoms with van der Waals surface area (Å²) in [6.45, 7) is 10.1. The fraction of sp³-hybridized carbons (Fsp3) is 0.435. The van der Waals surface area contributed by atoms with Crippen molar-refractivity contribution in [1.82, 2.24) is 5.32 Å². The van der Waals surface area contributed by atoms with E-state index < -0.39 is 11.6 Å². The first-order valence-electron chi connectivity index (χ1n) is 9.94. The Morgan fingerprint density at radius 2 is 1.77 bits per heavy atom. The summed E-state index contributed by atoms with van der Waals surface area (Å²) in [5.41, 5.74) is 3.66. The number of rotatable bonds is 6. The highest BCUT2D eigenvalue weighted by atomic mass is 16.4. The average Bonchev–Trinajstić information content (AvgIpc) is 3.07. The van der Waals surface area contributed by atoms with Crippen LogP contribution in [0.5, 0.6) is 0 Å². The lowest BCUT2D eigenvalue weighted by Gasteiger charge is -2.17. The topological polar surface area (TPSA) is 113 Å². The molecular formula is C23H26NO6-. The van der Waals surface area contributed by atoms with Gasteiger partial charge in [-0.05, 0) is 37.3 Å². The van der Waals surface area contributed by atoms with Gasteiger partial charge >= 0.3 is 5.63 Å². The molecule has 0 aliphatic carbocycles. The van der Waals surface area contributed by atoms with Gasteiger partial charge in [0, 0.05) is 52.8 Å². The molecule has 0 atom stereocenters. The van der Waals surface area contributed by atoms with E-state index in [1.165, 1.54) is 0 Å². The van der Waals surface area contributed by atoms with Gasteiger partial charge in [0.05, 0.1) is 6.26 Å². The molecule has 0 fully saturated rings. The van der Waals surface area contributed by atoms with Crippen LogP contribution in [0.4, 0.5) is 0 Å². The molecule has 0 aliphatic rings. The summed E-state index contributed by atoms with van der Waals surface area (Å²) in [5, 5.41) is 14.7. The van der Waals surface area contributed by atoms with Crippen LogP contribution in [-0.4, -0.2) is 18.4 Å². The molecule has 0 unspecified atom stereocenters. The molecule has 0 bridgehead atoms. The lowest BCUT2D eigenvalue weighted by Crippen LogP contribution is -2.31. The van der Waals surface area contributed by atoms with Crippen LogP contribution in [0, 0.1) is 13.8 Å². The van der Waals surface area contributed by atoms with Gasteiger partial charge in [0.1, 0.15) is 11.2 Å². The number of benzene rings is 1. The Morgan fingerprint density at radius 1 is 1.07 bits per heavy atom. The number of nitrogens with one attached hydrogen (secondary N) is 1. The van der Waals surface area contributed by atoms with E-state index in [2.05, 4.69) is 26.1 Å². The maximum atomic E-state index is 12.6. The Labute approximate surface area is 174 Å². The first-order chi connectivity index (χ1) is 14.0. The summed E-state index contributed by atoms with van der Waals surface area (Å²) in [5.74, 6) is -1.55. The van der Waals surface area contributed by atoms with E-state index in [1.807, 2.05) is 19.9 Å². The number of carboxylic acids is 1. The second kappa shape index (κ2) is 7.97. The van der Waals surface area contributed by atoms with E-state index >= 15 is 0 Å². The second-order valence-corrected chi connectivity index (χ2v) is 8.62. The van der Waals surface area contributed by atoms with Crippen LogP contribution in [0.15, 0.2) is 26.0 Å². The van der Waals surface area contributed by atoms with Crippen LogP contribution in [0.1, 0.15) is 55.9 Å². The number of fused-ring (bicyclic) bond motifs is 2. The minimum atomic E-state index is -1.23. The lowest BCUT2D eigenvalue weighted by atomic mass is 9.86. The summed E-state index contributed by atoms with van der Waals surface area (Å²) in [6, 6.07) is 1.99. The van der Waals surface area contributed by atoms with E-state index in [0.29, 0.717) is 16.7 Å². The van der Waals surface area contributed by atoms with Gasteiger partial charge in [-0.1, -0.05) is 20.8 Å². The molecule has 1 aromatic carbocycles. The Balaban J connectivity index is 1.99. The van der Waals surface area contributed by atoms with Gasteiger partial charge in [-0.15, -0.1) is 0 Å². The van der Waals surface area contributed by atoms with Crippen molar-refractivity contribution in [3.05, 3.63) is 45.0 Å². The molecule has 7 heteroatoms. The molecule has 2 aromatic heterocycles. The van der Waals surface area contributed by atoms with Crippen molar-refractivity contribution < 1.29 is 23.5 Å². The summed E-state index contributed by atoms with van der Waals surface area (Å²) >= 11 is 0. The molecule has 1 N–H and O–H groups in total. The molecule has 160 valence electrons. The smallest absolute Gasteiger partial charge is 0.339 e. The monoisotopic (exact) mass is 412 g/mol. The van der Waals surface area contributed by atoms with Crippen LogP contribution in [0.3, 0.4) is 0 Å². The summed E-state index contributed by atoms with van der Waals surface area (Å²) in [4.78, 5) is 35.0. The number of hydrogen-bond acceptors (Lipinski definition) is 6. The van der Waals surface area contributed by atoms with Crippen LogP contribution in [-0.2, 0) is 21.4 Å². The number of aryl methyl sites for hydroxylation is 2. The second-order valence-electron chi connectivity index (χ2n) is 8.62. The molecule has 0 spiro atoms. The summed E-state index contributed by atoms with van der Waals surface area (Å²) < 4.78 is 11.4. The molecule has 0 saturated heterocycles. The third kappa shape index (κ3) is 4.10. The zero-order valence-corrected chi connectivity index (χ0v) is 17.9. The van der Waals surface area contributed by atoms with Crippen LogP contribution in [0.25, 0.3) is 21.9 Å². The number of aliphatic carboxylic acids is 1. The molecule has 3 aromatic rings. The van der Waals surface area contributed by atoms with Gasteiger partial charge in [0.2, 0.25) is 5.91 Å². The Morgan fingerprint density at radius 3 is 2.40 bits per heavy atom. The lowest BCUT2D eigenvalue weighted by molar-refractivity contribution is -0.305. The minimum absolute atomic E-state index is 0.000275. The molecule has 7 nitrogen and oxygen atoms in total. The largest absolute Gasteiger partial charge is 0.550 e. The molecule has 0 aliphatic heterocycles. The zero-order chi connectivity index (χ0) is 22.2. The molecule has 3 rings (SSSR count). The van der Waals surface area contributed by atoms with Crippen molar-refractivity contribution in [1.29, 1.82) is 0 Å². The van der Waals surface area contributed by atoms with E-state index in [0.717, 1.165) is 27.5 Å². The maximum Gasteiger partial charge on any atom is 0.339 e. The molecular weight excluding hydrogens is 386 g/mol. The number of hydrogen-bond donors (Lipinski definition) is 1. The van der Waals surface area contributed by atoms with Crippen LogP contribution >= 0.6 is 0 Å². The minimum Gasteiger partial charge on any atom is -0.550 e. The summed E-state index contributed by atoms with van der Waals surface area (Å²) in [6.07, 6.45) is 1.76. The predicted octanol–water partition coefficient (Wildman–Crippen LogP) is 2.64. The first kappa shape index (κ1) is 21.6. The van der Waals surface area contributed by atoms with Crippen molar-refractivity contribution in [3.8, 4) is 0 Å². The summed E-state index contributed by atoms with van der Waals surface area (Å²) in [7, 11) is 0. The van der Waals surface area contributed by atoms with Crippen molar-refractivity contribution in [2.24, 2.45) is 0 Å². The average molecular weight is 412 g/mol. The Kier molecular flexibility index (Phi) is 5.74. The third-order valence-corrected chi connectivity index (χ3v) is 5.40. The highest BCUT2D eigenvalue weighted by Gasteiger charge is 2.23. The molecule has 2 heterocycles. The van der Waals surface area contributed by atoms with Gasteiger partial charge in [0.25, 0.3) is 0 Å². The fourth-order valence-corrected chi connectivity index (χ4v) is 3.70. The van der Waals surface area contributed by atoms with E-state index in [1.54, 1.807) is 6.26 Å². The molecule has 30 heavy (non-hydrogen) atoms. The van der Waals surface area contributed by atoms with Gasteiger partial charge in [-0.3, -0.25) is 4.79 Å².